The number of aromatic nitrogens is 1. The van der Waals surface area contributed by atoms with E-state index in [0.717, 1.165) is 16.8 Å². The van der Waals surface area contributed by atoms with Gasteiger partial charge in [-0.1, -0.05) is 0 Å². The molecule has 0 radical (unpaired) electrons. The molecule has 4 nitrogen and oxygen atoms in total. The number of thiophene rings is 1. The van der Waals surface area contributed by atoms with Crippen LogP contribution in [-0.4, -0.2) is 16.1 Å². The standard InChI is InChI=1S/C16H14N2O2S/c1-9-7-10(2)17-15(14(9)16(19)20)18-12-3-4-13-11(8-12)5-6-21-13/h3-8H,1-2H3,(H,17,18)(H,19,20). The van der Waals surface area contributed by atoms with Gasteiger partial charge in [0.2, 0.25) is 0 Å². The summed E-state index contributed by atoms with van der Waals surface area (Å²) in [4.78, 5) is 15.8. The normalized spacial score (nSPS) is 10.8. The molecule has 0 spiro atoms. The van der Waals surface area contributed by atoms with E-state index < -0.39 is 5.97 Å². The molecule has 106 valence electrons. The third-order valence-electron chi connectivity index (χ3n) is 3.27. The summed E-state index contributed by atoms with van der Waals surface area (Å²) in [6.45, 7) is 3.64. The van der Waals surface area contributed by atoms with Crippen LogP contribution in [-0.2, 0) is 0 Å². The van der Waals surface area contributed by atoms with Gasteiger partial charge in [0, 0.05) is 16.1 Å². The Balaban J connectivity index is 2.06. The zero-order valence-corrected chi connectivity index (χ0v) is 12.5. The van der Waals surface area contributed by atoms with Crippen molar-refractivity contribution in [2.24, 2.45) is 0 Å². The van der Waals surface area contributed by atoms with Gasteiger partial charge in [-0.25, -0.2) is 9.78 Å². The Morgan fingerprint density at radius 2 is 2.05 bits per heavy atom. The molecular formula is C16H14N2O2S. The number of rotatable bonds is 3. The molecule has 2 N–H and O–H groups in total. The molecule has 0 atom stereocenters. The van der Waals surface area contributed by atoms with Crippen molar-refractivity contribution < 1.29 is 9.90 Å². The molecular weight excluding hydrogens is 284 g/mol. The summed E-state index contributed by atoms with van der Waals surface area (Å²) in [7, 11) is 0. The first-order chi connectivity index (χ1) is 10.0. The van der Waals surface area contributed by atoms with Crippen LogP contribution in [0.5, 0.6) is 0 Å². The third kappa shape index (κ3) is 2.60. The Labute approximate surface area is 126 Å². The summed E-state index contributed by atoms with van der Waals surface area (Å²) >= 11 is 1.68. The molecule has 0 unspecified atom stereocenters. The maximum Gasteiger partial charge on any atom is 0.339 e. The molecule has 1 aromatic carbocycles. The average molecular weight is 298 g/mol. The lowest BCUT2D eigenvalue weighted by Crippen LogP contribution is -2.08. The summed E-state index contributed by atoms with van der Waals surface area (Å²) in [6, 6.07) is 9.76. The van der Waals surface area contributed by atoms with E-state index in [1.54, 1.807) is 24.3 Å². The van der Waals surface area contributed by atoms with E-state index in [-0.39, 0.29) is 5.56 Å². The number of hydrogen-bond donors (Lipinski definition) is 2. The van der Waals surface area contributed by atoms with Crippen molar-refractivity contribution >= 4 is 38.9 Å². The predicted octanol–water partition coefficient (Wildman–Crippen LogP) is 4.35. The molecule has 0 saturated carbocycles. The number of aryl methyl sites for hydroxylation is 2. The molecule has 0 fully saturated rings. The van der Waals surface area contributed by atoms with Gasteiger partial charge in [0.1, 0.15) is 11.4 Å². The van der Waals surface area contributed by atoms with Gasteiger partial charge >= 0.3 is 5.97 Å². The van der Waals surface area contributed by atoms with Crippen molar-refractivity contribution in [1.29, 1.82) is 0 Å². The van der Waals surface area contributed by atoms with Gasteiger partial charge in [0.15, 0.2) is 0 Å². The van der Waals surface area contributed by atoms with E-state index in [1.807, 2.05) is 36.6 Å². The molecule has 0 aliphatic carbocycles. The van der Waals surface area contributed by atoms with E-state index in [0.29, 0.717) is 11.4 Å². The molecule has 0 amide bonds. The van der Waals surface area contributed by atoms with Crippen molar-refractivity contribution in [3.63, 3.8) is 0 Å². The Morgan fingerprint density at radius 3 is 2.81 bits per heavy atom. The van der Waals surface area contributed by atoms with Crippen molar-refractivity contribution in [2.45, 2.75) is 13.8 Å². The van der Waals surface area contributed by atoms with Crippen molar-refractivity contribution in [1.82, 2.24) is 4.98 Å². The highest BCUT2D eigenvalue weighted by molar-refractivity contribution is 7.17. The highest BCUT2D eigenvalue weighted by Crippen LogP contribution is 2.27. The Hall–Kier alpha value is -2.40. The highest BCUT2D eigenvalue weighted by Gasteiger charge is 2.16. The Bertz CT molecular complexity index is 839. The fraction of sp³-hybridized carbons (Fsp3) is 0.125. The molecule has 3 aromatic rings. The molecule has 0 aliphatic heterocycles. The fourth-order valence-electron chi connectivity index (χ4n) is 2.38. The van der Waals surface area contributed by atoms with Crippen LogP contribution >= 0.6 is 11.3 Å². The number of anilines is 2. The third-order valence-corrected chi connectivity index (χ3v) is 4.17. The molecule has 0 saturated heterocycles. The van der Waals surface area contributed by atoms with Crippen LogP contribution < -0.4 is 5.32 Å². The SMILES string of the molecule is Cc1cc(C)c(C(=O)O)c(Nc2ccc3sccc3c2)n1. The van der Waals surface area contributed by atoms with Crippen LogP contribution in [0.25, 0.3) is 10.1 Å². The molecule has 3 rings (SSSR count). The van der Waals surface area contributed by atoms with Crippen LogP contribution in [0.2, 0.25) is 0 Å². The lowest BCUT2D eigenvalue weighted by molar-refractivity contribution is 0.0697. The molecule has 21 heavy (non-hydrogen) atoms. The maximum atomic E-state index is 11.4. The van der Waals surface area contributed by atoms with Crippen LogP contribution in [0, 0.1) is 13.8 Å². The summed E-state index contributed by atoms with van der Waals surface area (Å²) in [5, 5.41) is 15.7. The summed E-state index contributed by atoms with van der Waals surface area (Å²) in [5.74, 6) is -0.589. The lowest BCUT2D eigenvalue weighted by Gasteiger charge is -2.12. The number of hydrogen-bond acceptors (Lipinski definition) is 4. The molecule has 0 aliphatic rings. The van der Waals surface area contributed by atoms with Gasteiger partial charge in [-0.2, -0.15) is 0 Å². The number of carbonyl (C=O) groups is 1. The Kier molecular flexibility index (Phi) is 3.35. The zero-order valence-electron chi connectivity index (χ0n) is 11.7. The topological polar surface area (TPSA) is 62.2 Å². The van der Waals surface area contributed by atoms with E-state index in [1.165, 1.54) is 4.70 Å². The minimum absolute atomic E-state index is 0.214. The van der Waals surface area contributed by atoms with E-state index >= 15 is 0 Å². The number of pyridine rings is 1. The summed E-state index contributed by atoms with van der Waals surface area (Å²) < 4.78 is 1.20. The fourth-order valence-corrected chi connectivity index (χ4v) is 3.15. The summed E-state index contributed by atoms with van der Waals surface area (Å²) in [6.07, 6.45) is 0. The second-order valence-electron chi connectivity index (χ2n) is 4.91. The van der Waals surface area contributed by atoms with Crippen LogP contribution in [0.4, 0.5) is 11.5 Å². The zero-order chi connectivity index (χ0) is 15.0. The number of aromatic carboxylic acids is 1. The Morgan fingerprint density at radius 1 is 1.24 bits per heavy atom. The lowest BCUT2D eigenvalue weighted by atomic mass is 10.1. The molecule has 2 aromatic heterocycles. The van der Waals surface area contributed by atoms with Gasteiger partial charge in [-0.3, -0.25) is 0 Å². The maximum absolute atomic E-state index is 11.4. The van der Waals surface area contributed by atoms with Gasteiger partial charge < -0.3 is 10.4 Å². The van der Waals surface area contributed by atoms with Crippen molar-refractivity contribution in [3.05, 3.63) is 52.5 Å². The van der Waals surface area contributed by atoms with E-state index in [2.05, 4.69) is 10.3 Å². The van der Waals surface area contributed by atoms with Gasteiger partial charge in [0.05, 0.1) is 0 Å². The molecule has 2 heterocycles. The van der Waals surface area contributed by atoms with Gasteiger partial charge in [-0.05, 0) is 60.5 Å². The number of nitrogens with one attached hydrogen (secondary N) is 1. The van der Waals surface area contributed by atoms with Crippen LogP contribution in [0.3, 0.4) is 0 Å². The van der Waals surface area contributed by atoms with Gasteiger partial charge in [-0.15, -0.1) is 11.3 Å². The largest absolute Gasteiger partial charge is 0.478 e. The first kappa shape index (κ1) is 13.6. The number of fused-ring (bicyclic) bond motifs is 1. The second kappa shape index (κ2) is 5.18. The summed E-state index contributed by atoms with van der Waals surface area (Å²) in [5.41, 5.74) is 2.54. The number of benzene rings is 1. The number of nitrogens with zero attached hydrogens (tertiary/aromatic N) is 1. The van der Waals surface area contributed by atoms with E-state index in [4.69, 9.17) is 0 Å². The minimum atomic E-state index is -0.973. The molecule has 0 bridgehead atoms. The highest BCUT2D eigenvalue weighted by atomic mass is 32.1. The monoisotopic (exact) mass is 298 g/mol. The van der Waals surface area contributed by atoms with Crippen molar-refractivity contribution in [2.75, 3.05) is 5.32 Å². The minimum Gasteiger partial charge on any atom is -0.478 e. The van der Waals surface area contributed by atoms with Gasteiger partial charge in [0.25, 0.3) is 0 Å². The number of carboxylic acid groups (broad SMARTS) is 1. The van der Waals surface area contributed by atoms with Crippen LogP contribution in [0.1, 0.15) is 21.6 Å². The average Bonchev–Trinajstić information content (AvgIpc) is 2.84. The smallest absolute Gasteiger partial charge is 0.339 e. The van der Waals surface area contributed by atoms with Crippen LogP contribution in [0.15, 0.2) is 35.7 Å². The van der Waals surface area contributed by atoms with E-state index in [9.17, 15) is 9.90 Å². The van der Waals surface area contributed by atoms with Crippen molar-refractivity contribution in [3.8, 4) is 0 Å². The first-order valence-corrected chi connectivity index (χ1v) is 7.38. The second-order valence-corrected chi connectivity index (χ2v) is 5.86. The first-order valence-electron chi connectivity index (χ1n) is 6.50. The number of carboxylic acids is 1. The molecule has 5 heteroatoms. The quantitative estimate of drug-likeness (QED) is 0.754. The predicted molar refractivity (Wildman–Crippen MR) is 85.8 cm³/mol.